The molecule has 0 fully saturated rings. The number of aliphatic hydroxyl groups excluding tert-OH is 2. The number of phenols is 5. The molecule has 8 nitrogen and oxygen atoms in total. The molecule has 3 rings (SSSR count). The van der Waals surface area contributed by atoms with Crippen molar-refractivity contribution in [2.75, 3.05) is 6.61 Å². The van der Waals surface area contributed by atoms with Gasteiger partial charge in [0.15, 0.2) is 17.2 Å². The molecule has 0 aromatic heterocycles. The third-order valence-electron chi connectivity index (χ3n) is 3.17. The summed E-state index contributed by atoms with van der Waals surface area (Å²) in [6.45, 7) is -0.0585. The monoisotopic (exact) mass is 324 g/mol. The number of ether oxygens (including phenoxy) is 1. The minimum Gasteiger partial charge on any atom is -0.508 e. The van der Waals surface area contributed by atoms with Gasteiger partial charge < -0.3 is 40.5 Å². The Kier molecular flexibility index (Phi) is 4.68. The summed E-state index contributed by atoms with van der Waals surface area (Å²) in [6, 6.07) is 6.38. The molecule has 0 radical (unpaired) electrons. The molecule has 1 heterocycles. The smallest absolute Gasteiger partial charge is 0.200 e. The first kappa shape index (κ1) is 16.5. The Balaban J connectivity index is 0.000000185. The van der Waals surface area contributed by atoms with Crippen LogP contribution in [0.3, 0.4) is 0 Å². The van der Waals surface area contributed by atoms with Gasteiger partial charge in [-0.3, -0.25) is 0 Å². The highest BCUT2D eigenvalue weighted by molar-refractivity contribution is 5.52. The average Bonchev–Trinajstić information content (AvgIpc) is 2.49. The van der Waals surface area contributed by atoms with E-state index in [0.717, 1.165) is 6.07 Å². The molecule has 124 valence electrons. The predicted octanol–water partition coefficient (Wildman–Crippen LogP) is 0.688. The van der Waals surface area contributed by atoms with Crippen LogP contribution in [-0.4, -0.2) is 48.5 Å². The van der Waals surface area contributed by atoms with Gasteiger partial charge in [-0.15, -0.1) is 0 Å². The van der Waals surface area contributed by atoms with Crippen LogP contribution in [0.4, 0.5) is 0 Å². The van der Waals surface area contributed by atoms with E-state index in [0.29, 0.717) is 0 Å². The largest absolute Gasteiger partial charge is 0.508 e. The van der Waals surface area contributed by atoms with E-state index in [1.807, 2.05) is 0 Å². The van der Waals surface area contributed by atoms with E-state index in [9.17, 15) is 15.3 Å². The third kappa shape index (κ3) is 3.50. The molecule has 0 bridgehead atoms. The lowest BCUT2D eigenvalue weighted by molar-refractivity contribution is -0.0269. The summed E-state index contributed by atoms with van der Waals surface area (Å²) in [6.07, 6.45) is -2.24. The van der Waals surface area contributed by atoms with Crippen LogP contribution in [0.15, 0.2) is 30.3 Å². The number of hydrogen-bond acceptors (Lipinski definition) is 8. The van der Waals surface area contributed by atoms with Gasteiger partial charge in [0.25, 0.3) is 0 Å². The van der Waals surface area contributed by atoms with Crippen molar-refractivity contribution in [1.82, 2.24) is 0 Å². The van der Waals surface area contributed by atoms with Crippen LogP contribution < -0.4 is 4.74 Å². The number of aromatic hydroxyl groups is 5. The minimum absolute atomic E-state index is 0.0585. The van der Waals surface area contributed by atoms with E-state index in [4.69, 9.17) is 25.2 Å². The fourth-order valence-corrected chi connectivity index (χ4v) is 1.99. The van der Waals surface area contributed by atoms with Gasteiger partial charge in [0.1, 0.15) is 36.1 Å². The van der Waals surface area contributed by atoms with E-state index >= 15 is 0 Å². The molecular weight excluding hydrogens is 308 g/mol. The van der Waals surface area contributed by atoms with Crippen LogP contribution >= 0.6 is 0 Å². The summed E-state index contributed by atoms with van der Waals surface area (Å²) in [5, 5.41) is 63.4. The number of phenolic OH excluding ortho intramolecular Hbond substituents is 5. The molecule has 0 saturated heterocycles. The molecule has 2 atom stereocenters. The maximum absolute atomic E-state index is 9.53. The van der Waals surface area contributed by atoms with Crippen LogP contribution in [0.25, 0.3) is 0 Å². The molecule has 7 N–H and O–H groups in total. The maximum Gasteiger partial charge on any atom is 0.200 e. The van der Waals surface area contributed by atoms with E-state index in [2.05, 4.69) is 0 Å². The van der Waals surface area contributed by atoms with E-state index in [1.54, 1.807) is 0 Å². The first-order chi connectivity index (χ1) is 10.8. The van der Waals surface area contributed by atoms with Crippen LogP contribution in [0.5, 0.6) is 34.5 Å². The predicted molar refractivity (Wildman–Crippen MR) is 77.7 cm³/mol. The topological polar surface area (TPSA) is 151 Å². The number of rotatable bonds is 0. The van der Waals surface area contributed by atoms with Crippen molar-refractivity contribution in [3.8, 4) is 34.5 Å². The lowest BCUT2D eigenvalue weighted by atomic mass is 10.00. The van der Waals surface area contributed by atoms with Gasteiger partial charge in [-0.05, 0) is 12.1 Å². The lowest BCUT2D eigenvalue weighted by Gasteiger charge is -2.27. The van der Waals surface area contributed by atoms with Gasteiger partial charge in [0, 0.05) is 12.1 Å². The summed E-state index contributed by atoms with van der Waals surface area (Å²) in [7, 11) is 0. The molecule has 23 heavy (non-hydrogen) atoms. The normalized spacial score (nSPS) is 19.0. The SMILES string of the molecule is Oc1cc(O)c2c(c1)OC[C@@H](O)C2O.Oc1cccc(O)c1O. The molecular formula is C15H16O8. The van der Waals surface area contributed by atoms with Crippen molar-refractivity contribution >= 4 is 0 Å². The summed E-state index contributed by atoms with van der Waals surface area (Å²) < 4.78 is 5.04. The van der Waals surface area contributed by atoms with Crippen molar-refractivity contribution in [2.45, 2.75) is 12.2 Å². The molecule has 0 spiro atoms. The van der Waals surface area contributed by atoms with Gasteiger partial charge in [0.05, 0.1) is 5.56 Å². The first-order valence-electron chi connectivity index (χ1n) is 6.56. The molecule has 1 aliphatic heterocycles. The Hall–Kier alpha value is -2.84. The highest BCUT2D eigenvalue weighted by Gasteiger charge is 2.30. The zero-order chi connectivity index (χ0) is 17.1. The fourth-order valence-electron chi connectivity index (χ4n) is 1.99. The fraction of sp³-hybridized carbons (Fsp3) is 0.200. The van der Waals surface area contributed by atoms with Crippen LogP contribution in [0.2, 0.25) is 0 Å². The second-order valence-corrected chi connectivity index (χ2v) is 4.84. The third-order valence-corrected chi connectivity index (χ3v) is 3.17. The van der Waals surface area contributed by atoms with Crippen molar-refractivity contribution in [3.63, 3.8) is 0 Å². The Morgan fingerprint density at radius 2 is 1.48 bits per heavy atom. The lowest BCUT2D eigenvalue weighted by Crippen LogP contribution is -2.30. The Morgan fingerprint density at radius 3 is 2.04 bits per heavy atom. The summed E-state index contributed by atoms with van der Waals surface area (Å²) in [5.41, 5.74) is 0.113. The number of benzene rings is 2. The summed E-state index contributed by atoms with van der Waals surface area (Å²) in [5.74, 6) is -1.33. The molecule has 0 amide bonds. The Morgan fingerprint density at radius 1 is 0.870 bits per heavy atom. The molecule has 0 aliphatic carbocycles. The quantitative estimate of drug-likeness (QED) is 0.350. The Labute approximate surface area is 130 Å². The van der Waals surface area contributed by atoms with Crippen molar-refractivity contribution in [2.24, 2.45) is 0 Å². The van der Waals surface area contributed by atoms with Gasteiger partial charge in [-0.2, -0.15) is 0 Å². The van der Waals surface area contributed by atoms with E-state index in [1.165, 1.54) is 24.3 Å². The molecule has 2 aromatic carbocycles. The van der Waals surface area contributed by atoms with Crippen LogP contribution in [-0.2, 0) is 0 Å². The summed E-state index contributed by atoms with van der Waals surface area (Å²) >= 11 is 0. The van der Waals surface area contributed by atoms with E-state index in [-0.39, 0.29) is 40.9 Å². The highest BCUT2D eigenvalue weighted by atomic mass is 16.5. The van der Waals surface area contributed by atoms with Crippen LogP contribution in [0, 0.1) is 0 Å². The molecule has 0 saturated carbocycles. The molecule has 1 unspecified atom stereocenters. The average molecular weight is 324 g/mol. The second-order valence-electron chi connectivity index (χ2n) is 4.84. The highest BCUT2D eigenvalue weighted by Crippen LogP contribution is 2.41. The maximum atomic E-state index is 9.53. The first-order valence-corrected chi connectivity index (χ1v) is 6.56. The number of hydrogen-bond donors (Lipinski definition) is 7. The standard InChI is InChI=1S/C9H10O5.C6H6O3/c10-4-1-5(11)8-7(2-4)14-3-6(12)9(8)13;7-4-2-1-3-5(8)6(4)9/h1-2,6,9-13H,3H2;1-3,7-9H/t6-,9?;/m1./s1. The number of fused-ring (bicyclic) bond motifs is 1. The second kappa shape index (κ2) is 6.51. The van der Waals surface area contributed by atoms with Crippen molar-refractivity contribution < 1.29 is 40.5 Å². The van der Waals surface area contributed by atoms with Gasteiger partial charge in [-0.25, -0.2) is 0 Å². The zero-order valence-corrected chi connectivity index (χ0v) is 11.8. The number of para-hydroxylation sites is 1. The minimum atomic E-state index is -1.18. The van der Waals surface area contributed by atoms with Crippen molar-refractivity contribution in [1.29, 1.82) is 0 Å². The molecule has 1 aliphatic rings. The zero-order valence-electron chi connectivity index (χ0n) is 11.8. The molecule has 2 aromatic rings. The van der Waals surface area contributed by atoms with Gasteiger partial charge in [-0.1, -0.05) is 6.07 Å². The van der Waals surface area contributed by atoms with Crippen molar-refractivity contribution in [3.05, 3.63) is 35.9 Å². The van der Waals surface area contributed by atoms with Gasteiger partial charge in [0.2, 0.25) is 0 Å². The summed E-state index contributed by atoms with van der Waals surface area (Å²) in [4.78, 5) is 0. The van der Waals surface area contributed by atoms with Crippen LogP contribution in [0.1, 0.15) is 11.7 Å². The Bertz CT molecular complexity index is 680. The van der Waals surface area contributed by atoms with Gasteiger partial charge >= 0.3 is 0 Å². The van der Waals surface area contributed by atoms with E-state index < -0.39 is 18.0 Å². The molecule has 8 heteroatoms. The number of aliphatic hydroxyl groups is 2.